The molecule has 1 aliphatic rings. The molecule has 1 heterocycles. The summed E-state index contributed by atoms with van der Waals surface area (Å²) in [5.74, 6) is -0.678. The van der Waals surface area contributed by atoms with E-state index in [9.17, 15) is 9.59 Å². The fourth-order valence-electron chi connectivity index (χ4n) is 3.17. The van der Waals surface area contributed by atoms with Gasteiger partial charge in [0.2, 0.25) is 0 Å². The summed E-state index contributed by atoms with van der Waals surface area (Å²) in [4.78, 5) is 25.0. The van der Waals surface area contributed by atoms with E-state index in [0.29, 0.717) is 33.3 Å². The van der Waals surface area contributed by atoms with Crippen LogP contribution in [0.25, 0.3) is 0 Å². The lowest BCUT2D eigenvalue weighted by Crippen LogP contribution is -2.23. The number of cyclic esters (lactones) is 1. The molecular weight excluding hydrogens is 397 g/mol. The van der Waals surface area contributed by atoms with Crippen molar-refractivity contribution < 1.29 is 14.3 Å². The van der Waals surface area contributed by atoms with Crippen molar-refractivity contribution in [1.82, 2.24) is 0 Å². The Balaban J connectivity index is 1.58. The number of carbonyl (C=O) groups excluding carboxylic acids is 2. The Hall–Kier alpha value is -2.82. The van der Waals surface area contributed by atoms with Crippen molar-refractivity contribution in [3.05, 3.63) is 99.0 Å². The number of carbonyl (C=O) groups is 2. The maximum absolute atomic E-state index is 12.6. The summed E-state index contributed by atoms with van der Waals surface area (Å²) in [6.07, 6.45) is 0.147. The molecule has 1 amide bonds. The molecule has 140 valence electrons. The van der Waals surface area contributed by atoms with E-state index in [1.165, 1.54) is 0 Å². The van der Waals surface area contributed by atoms with Crippen LogP contribution >= 0.6 is 23.2 Å². The Bertz CT molecular complexity index is 1070. The van der Waals surface area contributed by atoms with E-state index in [0.717, 1.165) is 11.1 Å². The highest BCUT2D eigenvalue weighted by atomic mass is 35.5. The van der Waals surface area contributed by atoms with Gasteiger partial charge in [-0.2, -0.15) is 0 Å². The standard InChI is InChI=1S/C22H15Cl2NO3/c23-18-9-7-16(12-19(18)24)25-21(26)14-6-8-17-15(10-14)11-20(28-22(17)27)13-4-2-1-3-5-13/h1-10,12,20H,11H2,(H,25,26). The van der Waals surface area contributed by atoms with Gasteiger partial charge >= 0.3 is 5.97 Å². The third-order valence-corrected chi connectivity index (χ3v) is 5.33. The quantitative estimate of drug-likeness (QED) is 0.562. The van der Waals surface area contributed by atoms with Crippen LogP contribution < -0.4 is 5.32 Å². The predicted octanol–water partition coefficient (Wildman–Crippen LogP) is 5.70. The molecular formula is C22H15Cl2NO3. The van der Waals surface area contributed by atoms with Crippen LogP contribution in [0.2, 0.25) is 10.0 Å². The molecule has 0 saturated heterocycles. The first-order chi connectivity index (χ1) is 13.5. The molecule has 4 rings (SSSR count). The Kier molecular flexibility index (Phi) is 5.07. The largest absolute Gasteiger partial charge is 0.454 e. The summed E-state index contributed by atoms with van der Waals surface area (Å²) in [6.45, 7) is 0. The van der Waals surface area contributed by atoms with Crippen molar-refractivity contribution in [3.8, 4) is 0 Å². The Morgan fingerprint density at radius 3 is 2.50 bits per heavy atom. The van der Waals surface area contributed by atoms with Crippen molar-refractivity contribution in [1.29, 1.82) is 0 Å². The lowest BCUT2D eigenvalue weighted by atomic mass is 9.93. The Morgan fingerprint density at radius 2 is 1.75 bits per heavy atom. The second-order valence-corrected chi connectivity index (χ2v) is 7.28. The van der Waals surface area contributed by atoms with Gasteiger partial charge < -0.3 is 10.1 Å². The topological polar surface area (TPSA) is 55.4 Å². The summed E-state index contributed by atoms with van der Waals surface area (Å²) in [5, 5.41) is 3.56. The smallest absolute Gasteiger partial charge is 0.339 e. The zero-order valence-electron chi connectivity index (χ0n) is 14.6. The minimum absolute atomic E-state index is 0.295. The number of esters is 1. The van der Waals surface area contributed by atoms with Gasteiger partial charge in [-0.15, -0.1) is 0 Å². The average Bonchev–Trinajstić information content (AvgIpc) is 2.71. The second-order valence-electron chi connectivity index (χ2n) is 6.46. The number of anilines is 1. The number of hydrogen-bond donors (Lipinski definition) is 1. The number of ether oxygens (including phenoxy) is 1. The Morgan fingerprint density at radius 1 is 0.964 bits per heavy atom. The minimum Gasteiger partial charge on any atom is -0.454 e. The molecule has 1 N–H and O–H groups in total. The van der Waals surface area contributed by atoms with Crippen molar-refractivity contribution in [3.63, 3.8) is 0 Å². The fraction of sp³-hybridized carbons (Fsp3) is 0.0909. The zero-order chi connectivity index (χ0) is 19.7. The van der Waals surface area contributed by atoms with Crippen LogP contribution in [0.4, 0.5) is 5.69 Å². The van der Waals surface area contributed by atoms with Crippen molar-refractivity contribution in [2.24, 2.45) is 0 Å². The van der Waals surface area contributed by atoms with Crippen molar-refractivity contribution in [2.45, 2.75) is 12.5 Å². The number of amides is 1. The van der Waals surface area contributed by atoms with Crippen LogP contribution in [0.3, 0.4) is 0 Å². The van der Waals surface area contributed by atoms with Gasteiger partial charge in [0, 0.05) is 17.7 Å². The van der Waals surface area contributed by atoms with Crippen LogP contribution in [-0.2, 0) is 11.2 Å². The minimum atomic E-state index is -0.383. The third kappa shape index (κ3) is 3.75. The van der Waals surface area contributed by atoms with Gasteiger partial charge in [0.05, 0.1) is 15.6 Å². The van der Waals surface area contributed by atoms with E-state index in [-0.39, 0.29) is 18.0 Å². The molecule has 0 saturated carbocycles. The predicted molar refractivity (Wildman–Crippen MR) is 109 cm³/mol. The van der Waals surface area contributed by atoms with Crippen LogP contribution in [0.15, 0.2) is 66.7 Å². The molecule has 0 bridgehead atoms. The van der Waals surface area contributed by atoms with Crippen molar-refractivity contribution in [2.75, 3.05) is 5.32 Å². The molecule has 0 radical (unpaired) electrons. The summed E-state index contributed by atoms with van der Waals surface area (Å²) in [5.41, 5.74) is 3.18. The molecule has 0 fully saturated rings. The summed E-state index contributed by atoms with van der Waals surface area (Å²) < 4.78 is 5.55. The first-order valence-electron chi connectivity index (χ1n) is 8.66. The Labute approximate surface area is 172 Å². The summed E-state index contributed by atoms with van der Waals surface area (Å²) in [6, 6.07) is 19.4. The number of halogens is 2. The van der Waals surface area contributed by atoms with E-state index >= 15 is 0 Å². The molecule has 1 unspecified atom stereocenters. The van der Waals surface area contributed by atoms with E-state index in [1.54, 1.807) is 36.4 Å². The number of nitrogens with one attached hydrogen (secondary N) is 1. The maximum Gasteiger partial charge on any atom is 0.339 e. The van der Waals surface area contributed by atoms with Gasteiger partial charge in [0.1, 0.15) is 6.10 Å². The third-order valence-electron chi connectivity index (χ3n) is 4.59. The summed E-state index contributed by atoms with van der Waals surface area (Å²) in [7, 11) is 0. The van der Waals surface area contributed by atoms with Crippen LogP contribution in [0.5, 0.6) is 0 Å². The number of fused-ring (bicyclic) bond motifs is 1. The van der Waals surface area contributed by atoms with Gasteiger partial charge in [-0.25, -0.2) is 4.79 Å². The number of benzene rings is 3. The number of rotatable bonds is 3. The van der Waals surface area contributed by atoms with Gasteiger partial charge in [0.25, 0.3) is 5.91 Å². The van der Waals surface area contributed by atoms with Gasteiger partial charge in [0.15, 0.2) is 0 Å². The first kappa shape index (κ1) is 18.5. The highest BCUT2D eigenvalue weighted by Crippen LogP contribution is 2.31. The normalized spacial score (nSPS) is 15.5. The molecule has 1 atom stereocenters. The second kappa shape index (κ2) is 7.66. The number of hydrogen-bond acceptors (Lipinski definition) is 3. The van der Waals surface area contributed by atoms with Crippen LogP contribution in [-0.4, -0.2) is 11.9 Å². The average molecular weight is 412 g/mol. The zero-order valence-corrected chi connectivity index (χ0v) is 16.1. The lowest BCUT2D eigenvalue weighted by Gasteiger charge is -2.25. The monoisotopic (exact) mass is 411 g/mol. The molecule has 28 heavy (non-hydrogen) atoms. The van der Waals surface area contributed by atoms with E-state index in [2.05, 4.69) is 5.32 Å². The van der Waals surface area contributed by atoms with E-state index in [1.807, 2.05) is 30.3 Å². The summed E-state index contributed by atoms with van der Waals surface area (Å²) >= 11 is 11.9. The van der Waals surface area contributed by atoms with E-state index in [4.69, 9.17) is 27.9 Å². The van der Waals surface area contributed by atoms with Crippen molar-refractivity contribution >= 4 is 40.8 Å². The highest BCUT2D eigenvalue weighted by molar-refractivity contribution is 6.42. The van der Waals surface area contributed by atoms with Gasteiger partial charge in [-0.05, 0) is 47.5 Å². The molecule has 6 heteroatoms. The lowest BCUT2D eigenvalue weighted by molar-refractivity contribution is 0.0252. The molecule has 0 aliphatic carbocycles. The van der Waals surface area contributed by atoms with Gasteiger partial charge in [-0.3, -0.25) is 4.79 Å². The van der Waals surface area contributed by atoms with Crippen LogP contribution in [0, 0.1) is 0 Å². The van der Waals surface area contributed by atoms with E-state index < -0.39 is 0 Å². The fourth-order valence-corrected chi connectivity index (χ4v) is 3.47. The van der Waals surface area contributed by atoms with Crippen LogP contribution in [0.1, 0.15) is 37.9 Å². The molecule has 3 aromatic carbocycles. The highest BCUT2D eigenvalue weighted by Gasteiger charge is 2.28. The SMILES string of the molecule is O=C(Nc1ccc(Cl)c(Cl)c1)c1ccc2c(c1)CC(c1ccccc1)OC2=O. The molecule has 0 aromatic heterocycles. The van der Waals surface area contributed by atoms with Gasteiger partial charge in [-0.1, -0.05) is 53.5 Å². The maximum atomic E-state index is 12.6. The molecule has 3 aromatic rings. The molecule has 1 aliphatic heterocycles. The molecule has 0 spiro atoms. The first-order valence-corrected chi connectivity index (χ1v) is 9.42. The molecule has 4 nitrogen and oxygen atoms in total.